The lowest BCUT2D eigenvalue weighted by Crippen LogP contribution is -2.00. The van der Waals surface area contributed by atoms with Crippen LogP contribution in [0.1, 0.15) is 18.1 Å². The van der Waals surface area contributed by atoms with E-state index in [1.54, 1.807) is 0 Å². The fourth-order valence-corrected chi connectivity index (χ4v) is 1.79. The highest BCUT2D eigenvalue weighted by molar-refractivity contribution is 5.48. The normalized spacial score (nSPS) is 10.2. The van der Waals surface area contributed by atoms with Gasteiger partial charge >= 0.3 is 0 Å². The van der Waals surface area contributed by atoms with E-state index in [1.165, 1.54) is 11.9 Å². The van der Waals surface area contributed by atoms with E-state index in [-0.39, 0.29) is 0 Å². The first kappa shape index (κ1) is 12.4. The summed E-state index contributed by atoms with van der Waals surface area (Å²) in [7, 11) is 1.83. The first-order valence-electron chi connectivity index (χ1n) is 6.01. The summed E-state index contributed by atoms with van der Waals surface area (Å²) in [5, 5.41) is 3.02. The zero-order chi connectivity index (χ0) is 13.0. The van der Waals surface area contributed by atoms with Gasteiger partial charge in [0.1, 0.15) is 17.9 Å². The number of ether oxygens (including phenoxy) is 1. The quantitative estimate of drug-likeness (QED) is 0.895. The highest BCUT2D eigenvalue weighted by Crippen LogP contribution is 2.28. The second-order valence-electron chi connectivity index (χ2n) is 3.97. The minimum atomic E-state index is 0.593. The molecule has 1 aromatic heterocycles. The van der Waals surface area contributed by atoms with E-state index in [1.807, 2.05) is 32.2 Å². The Morgan fingerprint density at radius 1 is 1.22 bits per heavy atom. The Kier molecular flexibility index (Phi) is 3.77. The Morgan fingerprint density at radius 3 is 2.72 bits per heavy atom. The lowest BCUT2D eigenvalue weighted by atomic mass is 10.1. The largest absolute Gasteiger partial charge is 0.438 e. The number of aryl methyl sites for hydroxylation is 1. The van der Waals surface area contributed by atoms with E-state index >= 15 is 0 Å². The van der Waals surface area contributed by atoms with Crippen LogP contribution in [-0.2, 0) is 6.42 Å². The summed E-state index contributed by atoms with van der Waals surface area (Å²) in [6.45, 7) is 4.05. The van der Waals surface area contributed by atoms with Gasteiger partial charge in [-0.1, -0.05) is 25.1 Å². The van der Waals surface area contributed by atoms with Gasteiger partial charge < -0.3 is 10.1 Å². The minimum absolute atomic E-state index is 0.593. The van der Waals surface area contributed by atoms with Gasteiger partial charge in [0.2, 0.25) is 5.88 Å². The van der Waals surface area contributed by atoms with Gasteiger partial charge in [-0.05, 0) is 25.0 Å². The molecule has 0 amide bonds. The molecule has 0 saturated heterocycles. The molecule has 2 aromatic rings. The van der Waals surface area contributed by atoms with Crippen molar-refractivity contribution in [2.45, 2.75) is 20.3 Å². The zero-order valence-corrected chi connectivity index (χ0v) is 10.9. The van der Waals surface area contributed by atoms with Crippen LogP contribution in [0.3, 0.4) is 0 Å². The number of aromatic nitrogens is 2. The number of rotatable bonds is 4. The molecule has 4 nitrogen and oxygen atoms in total. The molecule has 0 spiro atoms. The Balaban J connectivity index is 2.34. The lowest BCUT2D eigenvalue weighted by molar-refractivity contribution is 0.452. The van der Waals surface area contributed by atoms with Crippen LogP contribution < -0.4 is 10.1 Å². The van der Waals surface area contributed by atoms with Crippen molar-refractivity contribution in [2.75, 3.05) is 12.4 Å². The van der Waals surface area contributed by atoms with E-state index in [2.05, 4.69) is 28.3 Å². The number of para-hydroxylation sites is 1. The third kappa shape index (κ3) is 2.42. The summed E-state index contributed by atoms with van der Waals surface area (Å²) in [6.07, 6.45) is 2.43. The predicted molar refractivity (Wildman–Crippen MR) is 72.2 cm³/mol. The van der Waals surface area contributed by atoms with E-state index in [0.29, 0.717) is 5.88 Å². The van der Waals surface area contributed by atoms with Gasteiger partial charge in [0, 0.05) is 7.05 Å². The third-order valence-corrected chi connectivity index (χ3v) is 2.83. The molecule has 1 N–H and O–H groups in total. The van der Waals surface area contributed by atoms with Crippen molar-refractivity contribution in [1.29, 1.82) is 0 Å². The summed E-state index contributed by atoms with van der Waals surface area (Å²) < 4.78 is 5.88. The summed E-state index contributed by atoms with van der Waals surface area (Å²) in [4.78, 5) is 8.32. The molecule has 0 fully saturated rings. The number of anilines is 1. The van der Waals surface area contributed by atoms with Crippen LogP contribution in [0, 0.1) is 6.92 Å². The lowest BCUT2D eigenvalue weighted by Gasteiger charge is -2.12. The van der Waals surface area contributed by atoms with Crippen LogP contribution in [0.4, 0.5) is 5.82 Å². The molecule has 0 bridgehead atoms. The zero-order valence-electron chi connectivity index (χ0n) is 10.9. The standard InChI is InChI=1S/C14H17N3O/c1-4-11-7-5-6-8-12(11)18-14-10(2)13(15-3)16-9-17-14/h5-9H,4H2,1-3H3,(H,15,16,17). The number of hydrogen-bond acceptors (Lipinski definition) is 4. The van der Waals surface area contributed by atoms with Crippen LogP contribution in [0.25, 0.3) is 0 Å². The van der Waals surface area contributed by atoms with E-state index < -0.39 is 0 Å². The first-order valence-corrected chi connectivity index (χ1v) is 6.01. The van der Waals surface area contributed by atoms with Crippen LogP contribution in [-0.4, -0.2) is 17.0 Å². The highest BCUT2D eigenvalue weighted by atomic mass is 16.5. The van der Waals surface area contributed by atoms with E-state index in [9.17, 15) is 0 Å². The van der Waals surface area contributed by atoms with E-state index in [4.69, 9.17) is 4.74 Å². The maximum Gasteiger partial charge on any atom is 0.227 e. The number of nitrogens with one attached hydrogen (secondary N) is 1. The molecular formula is C14H17N3O. The van der Waals surface area contributed by atoms with Gasteiger partial charge in [0.05, 0.1) is 5.56 Å². The van der Waals surface area contributed by atoms with Crippen molar-refractivity contribution in [2.24, 2.45) is 0 Å². The molecule has 2 rings (SSSR count). The van der Waals surface area contributed by atoms with Crippen molar-refractivity contribution in [3.8, 4) is 11.6 Å². The monoisotopic (exact) mass is 243 g/mol. The van der Waals surface area contributed by atoms with Gasteiger partial charge in [-0.15, -0.1) is 0 Å². The summed E-state index contributed by atoms with van der Waals surface area (Å²) in [5.41, 5.74) is 2.08. The maximum absolute atomic E-state index is 5.88. The third-order valence-electron chi connectivity index (χ3n) is 2.83. The van der Waals surface area contributed by atoms with Crippen molar-refractivity contribution >= 4 is 5.82 Å². The Morgan fingerprint density at radius 2 is 2.00 bits per heavy atom. The molecule has 1 heterocycles. The molecule has 0 aliphatic heterocycles. The molecular weight excluding hydrogens is 226 g/mol. The molecule has 94 valence electrons. The molecule has 0 saturated carbocycles. The number of hydrogen-bond donors (Lipinski definition) is 1. The Hall–Kier alpha value is -2.10. The van der Waals surface area contributed by atoms with Crippen molar-refractivity contribution < 1.29 is 4.74 Å². The highest BCUT2D eigenvalue weighted by Gasteiger charge is 2.09. The van der Waals surface area contributed by atoms with Crippen LogP contribution >= 0.6 is 0 Å². The van der Waals surface area contributed by atoms with Gasteiger partial charge in [0.25, 0.3) is 0 Å². The number of nitrogens with zero attached hydrogens (tertiary/aromatic N) is 2. The average Bonchev–Trinajstić information content (AvgIpc) is 2.42. The SMILES string of the molecule is CCc1ccccc1Oc1ncnc(NC)c1C. The molecule has 0 unspecified atom stereocenters. The van der Waals surface area contributed by atoms with E-state index in [0.717, 1.165) is 23.6 Å². The van der Waals surface area contributed by atoms with Gasteiger partial charge in [-0.3, -0.25) is 0 Å². The Bertz CT molecular complexity index is 540. The molecule has 0 atom stereocenters. The summed E-state index contributed by atoms with van der Waals surface area (Å²) in [5.74, 6) is 2.23. The fraction of sp³-hybridized carbons (Fsp3) is 0.286. The smallest absolute Gasteiger partial charge is 0.227 e. The van der Waals surface area contributed by atoms with Crippen molar-refractivity contribution in [3.05, 3.63) is 41.7 Å². The maximum atomic E-state index is 5.88. The molecule has 0 radical (unpaired) electrons. The fourth-order valence-electron chi connectivity index (χ4n) is 1.79. The van der Waals surface area contributed by atoms with Crippen LogP contribution in [0.2, 0.25) is 0 Å². The van der Waals surface area contributed by atoms with Crippen LogP contribution in [0.5, 0.6) is 11.6 Å². The van der Waals surface area contributed by atoms with Crippen LogP contribution in [0.15, 0.2) is 30.6 Å². The minimum Gasteiger partial charge on any atom is -0.438 e. The average molecular weight is 243 g/mol. The first-order chi connectivity index (χ1) is 8.76. The summed E-state index contributed by atoms with van der Waals surface area (Å²) >= 11 is 0. The second kappa shape index (κ2) is 5.49. The second-order valence-corrected chi connectivity index (χ2v) is 3.97. The Labute approximate surface area is 107 Å². The molecule has 0 aliphatic carbocycles. The van der Waals surface area contributed by atoms with Crippen molar-refractivity contribution in [1.82, 2.24) is 9.97 Å². The van der Waals surface area contributed by atoms with Crippen molar-refractivity contribution in [3.63, 3.8) is 0 Å². The molecule has 4 heteroatoms. The van der Waals surface area contributed by atoms with Gasteiger partial charge in [-0.25, -0.2) is 9.97 Å². The number of benzene rings is 1. The van der Waals surface area contributed by atoms with Gasteiger partial charge in [0.15, 0.2) is 0 Å². The molecule has 1 aromatic carbocycles. The topological polar surface area (TPSA) is 47.0 Å². The summed E-state index contributed by atoms with van der Waals surface area (Å²) in [6, 6.07) is 7.99. The van der Waals surface area contributed by atoms with Gasteiger partial charge in [-0.2, -0.15) is 0 Å². The predicted octanol–water partition coefficient (Wildman–Crippen LogP) is 3.18. The molecule has 18 heavy (non-hydrogen) atoms. The molecule has 0 aliphatic rings.